The number of para-hydroxylation sites is 3. The Morgan fingerprint density at radius 3 is 1.82 bits per heavy atom. The Balaban J connectivity index is 1.16. The Morgan fingerprint density at radius 1 is 0.451 bits per heavy atom. The van der Waals surface area contributed by atoms with Gasteiger partial charge in [0.1, 0.15) is 22.3 Å². The average molecular weight is 660 g/mol. The monoisotopic (exact) mass is 659 g/mol. The fraction of sp³-hybridized carbons (Fsp3) is 0. The van der Waals surface area contributed by atoms with Gasteiger partial charge in [-0.1, -0.05) is 109 Å². The van der Waals surface area contributed by atoms with Gasteiger partial charge in [-0.25, -0.2) is 15.0 Å². The van der Waals surface area contributed by atoms with Crippen LogP contribution in [0.15, 0.2) is 166 Å². The summed E-state index contributed by atoms with van der Waals surface area (Å²) in [6.07, 6.45) is 0. The van der Waals surface area contributed by atoms with Crippen LogP contribution in [0.1, 0.15) is 6.85 Å². The highest BCUT2D eigenvalue weighted by atomic mass is 16.3. The van der Waals surface area contributed by atoms with Crippen molar-refractivity contribution >= 4 is 65.7 Å². The van der Waals surface area contributed by atoms with Crippen LogP contribution >= 0.6 is 0 Å². The standard InChI is InChI=1S/C45H26N4O2/c1-2-12-27(13-3-1)43-46-44(48-45(47-43)33-17-10-22-38-41(33)31-16-6-9-21-37(31)50-38)28-24-25-32-40(26-28)51-39-23-11-20-36(42(32)39)49-34-18-7-4-14-29(34)30-15-5-8-19-35(30)49/h1-26H/i1D,2D,3D,12D,13D. The fourth-order valence-electron chi connectivity index (χ4n) is 7.37. The Kier molecular flexibility index (Phi) is 4.91. The van der Waals surface area contributed by atoms with Crippen molar-refractivity contribution in [2.24, 2.45) is 0 Å². The number of benzene rings is 7. The maximum atomic E-state index is 8.78. The highest BCUT2D eigenvalue weighted by molar-refractivity contribution is 6.15. The molecular weight excluding hydrogens is 629 g/mol. The van der Waals surface area contributed by atoms with Crippen molar-refractivity contribution in [1.82, 2.24) is 19.5 Å². The molecule has 0 aliphatic heterocycles. The van der Waals surface area contributed by atoms with Crippen LogP contribution < -0.4 is 0 Å². The van der Waals surface area contributed by atoms with Crippen molar-refractivity contribution in [3.8, 4) is 39.9 Å². The predicted octanol–water partition coefficient (Wildman–Crippen LogP) is 11.8. The second-order valence-electron chi connectivity index (χ2n) is 12.4. The number of nitrogens with zero attached hydrogens (tertiary/aromatic N) is 4. The lowest BCUT2D eigenvalue weighted by molar-refractivity contribution is 0.668. The summed E-state index contributed by atoms with van der Waals surface area (Å²) in [6, 6.07) is 39.7. The zero-order valence-electron chi connectivity index (χ0n) is 31.7. The predicted molar refractivity (Wildman–Crippen MR) is 205 cm³/mol. The van der Waals surface area contributed by atoms with Crippen LogP contribution in [-0.4, -0.2) is 19.5 Å². The largest absolute Gasteiger partial charge is 0.456 e. The molecule has 0 bridgehead atoms. The van der Waals surface area contributed by atoms with Crippen molar-refractivity contribution in [3.63, 3.8) is 0 Å². The molecule has 6 heteroatoms. The van der Waals surface area contributed by atoms with Crippen molar-refractivity contribution in [2.45, 2.75) is 0 Å². The van der Waals surface area contributed by atoms with E-state index in [2.05, 4.69) is 59.2 Å². The van der Waals surface area contributed by atoms with Crippen LogP contribution in [0.3, 0.4) is 0 Å². The van der Waals surface area contributed by atoms with Gasteiger partial charge in [0.25, 0.3) is 0 Å². The van der Waals surface area contributed by atoms with Gasteiger partial charge in [0.15, 0.2) is 17.5 Å². The minimum Gasteiger partial charge on any atom is -0.456 e. The number of hydrogen-bond acceptors (Lipinski definition) is 5. The second kappa shape index (κ2) is 10.7. The molecule has 0 saturated heterocycles. The zero-order chi connectivity index (χ0) is 37.8. The quantitative estimate of drug-likeness (QED) is 0.188. The van der Waals surface area contributed by atoms with Crippen LogP contribution in [0.2, 0.25) is 0 Å². The molecule has 11 rings (SSSR count). The van der Waals surface area contributed by atoms with E-state index in [0.29, 0.717) is 33.5 Å². The van der Waals surface area contributed by atoms with Crippen LogP contribution in [0.25, 0.3) is 106 Å². The lowest BCUT2D eigenvalue weighted by Gasteiger charge is -2.10. The van der Waals surface area contributed by atoms with E-state index in [1.165, 1.54) is 0 Å². The van der Waals surface area contributed by atoms with E-state index in [-0.39, 0.29) is 23.0 Å². The number of hydrogen-bond donors (Lipinski definition) is 0. The van der Waals surface area contributed by atoms with Crippen LogP contribution in [0, 0.1) is 0 Å². The highest BCUT2D eigenvalue weighted by Crippen LogP contribution is 2.40. The summed E-state index contributed by atoms with van der Waals surface area (Å²) in [5, 5.41) is 5.83. The van der Waals surface area contributed by atoms with Crippen molar-refractivity contribution in [2.75, 3.05) is 0 Å². The molecular formula is C45H26N4O2. The Labute approximate surface area is 297 Å². The molecule has 0 fully saturated rings. The Hall–Kier alpha value is -7.05. The molecule has 0 radical (unpaired) electrons. The van der Waals surface area contributed by atoms with Crippen LogP contribution in [-0.2, 0) is 0 Å². The fourth-order valence-corrected chi connectivity index (χ4v) is 7.37. The summed E-state index contributed by atoms with van der Waals surface area (Å²) in [4.78, 5) is 14.6. The molecule has 0 N–H and O–H groups in total. The smallest absolute Gasteiger partial charge is 0.164 e. The van der Waals surface area contributed by atoms with E-state index in [4.69, 9.17) is 30.6 Å². The molecule has 0 spiro atoms. The summed E-state index contributed by atoms with van der Waals surface area (Å²) in [5.41, 5.74) is 6.94. The van der Waals surface area contributed by atoms with E-state index in [0.717, 1.165) is 49.0 Å². The maximum absolute atomic E-state index is 8.78. The molecule has 0 saturated carbocycles. The third-order valence-electron chi connectivity index (χ3n) is 9.56. The first-order valence-corrected chi connectivity index (χ1v) is 16.5. The summed E-state index contributed by atoms with van der Waals surface area (Å²) in [5.74, 6) is 0.448. The molecule has 0 aliphatic carbocycles. The number of aromatic nitrogens is 4. The van der Waals surface area contributed by atoms with Gasteiger partial charge in [-0.05, 0) is 48.5 Å². The molecule has 51 heavy (non-hydrogen) atoms. The molecule has 0 aliphatic rings. The molecule has 7 aromatic carbocycles. The summed E-state index contributed by atoms with van der Waals surface area (Å²) < 4.78 is 57.6. The van der Waals surface area contributed by atoms with Crippen LogP contribution in [0.5, 0.6) is 0 Å². The van der Waals surface area contributed by atoms with Gasteiger partial charge in [-0.2, -0.15) is 0 Å². The second-order valence-corrected chi connectivity index (χ2v) is 12.4. The summed E-state index contributed by atoms with van der Waals surface area (Å²) in [6.45, 7) is 0. The van der Waals surface area contributed by atoms with Gasteiger partial charge in [0, 0.05) is 43.6 Å². The first kappa shape index (κ1) is 23.3. The lowest BCUT2D eigenvalue weighted by Crippen LogP contribution is -2.00. The SMILES string of the molecule is [2H]c1c([2H])c([2H])c(-c2nc(-c3ccc4c(c3)oc3cccc(-n5c6ccccc6c6ccccc65)c34)nc(-c3cccc4oc5ccccc5c34)n2)c([2H])c1[2H]. The summed E-state index contributed by atoms with van der Waals surface area (Å²) >= 11 is 0. The number of rotatable bonds is 4. The van der Waals surface area contributed by atoms with E-state index in [9.17, 15) is 0 Å². The van der Waals surface area contributed by atoms with Gasteiger partial charge >= 0.3 is 0 Å². The zero-order valence-corrected chi connectivity index (χ0v) is 26.7. The van der Waals surface area contributed by atoms with Crippen LogP contribution in [0.4, 0.5) is 0 Å². The topological polar surface area (TPSA) is 69.9 Å². The third kappa shape index (κ3) is 4.20. The molecule has 11 aromatic rings. The van der Waals surface area contributed by atoms with Gasteiger partial charge in [0.2, 0.25) is 0 Å². The maximum Gasteiger partial charge on any atom is 0.164 e. The van der Waals surface area contributed by atoms with E-state index in [1.54, 1.807) is 0 Å². The van der Waals surface area contributed by atoms with Gasteiger partial charge < -0.3 is 13.4 Å². The highest BCUT2D eigenvalue weighted by Gasteiger charge is 2.20. The Bertz CT molecular complexity index is 3380. The number of furan rings is 2. The molecule has 0 atom stereocenters. The van der Waals surface area contributed by atoms with E-state index >= 15 is 0 Å². The van der Waals surface area contributed by atoms with E-state index in [1.807, 2.05) is 72.8 Å². The minimum absolute atomic E-state index is 0.0508. The molecule has 6 nitrogen and oxygen atoms in total. The van der Waals surface area contributed by atoms with Crippen molar-refractivity contribution < 1.29 is 15.7 Å². The molecule has 0 amide bonds. The normalized spacial score (nSPS) is 13.3. The van der Waals surface area contributed by atoms with Crippen molar-refractivity contribution in [1.29, 1.82) is 0 Å². The number of fused-ring (bicyclic) bond motifs is 9. The summed E-state index contributed by atoms with van der Waals surface area (Å²) in [7, 11) is 0. The van der Waals surface area contributed by atoms with Crippen molar-refractivity contribution in [3.05, 3.63) is 158 Å². The average Bonchev–Trinajstić information content (AvgIpc) is 3.91. The van der Waals surface area contributed by atoms with Gasteiger partial charge in [-0.3, -0.25) is 0 Å². The molecule has 4 heterocycles. The minimum atomic E-state index is -0.497. The first-order chi connectivity index (χ1) is 27.4. The Morgan fingerprint density at radius 2 is 1.04 bits per heavy atom. The van der Waals surface area contributed by atoms with Gasteiger partial charge in [0.05, 0.1) is 29.0 Å². The third-order valence-corrected chi connectivity index (χ3v) is 9.56. The lowest BCUT2D eigenvalue weighted by atomic mass is 10.0. The molecule has 238 valence electrons. The molecule has 4 aromatic heterocycles. The van der Waals surface area contributed by atoms with Gasteiger partial charge in [-0.15, -0.1) is 0 Å². The first-order valence-electron chi connectivity index (χ1n) is 19.0. The van der Waals surface area contributed by atoms with E-state index < -0.39 is 30.2 Å². The molecule has 0 unspecified atom stereocenters.